The lowest BCUT2D eigenvalue weighted by atomic mass is 10.1. The number of ether oxygens (including phenoxy) is 1. The molecule has 0 atom stereocenters. The molecule has 18 heavy (non-hydrogen) atoms. The number of methoxy groups -OCH3 is 1. The molecule has 0 spiro atoms. The molecule has 4 heteroatoms. The van der Waals surface area contributed by atoms with Crippen LogP contribution in [0.1, 0.15) is 23.4 Å². The molecule has 1 heterocycles. The average Bonchev–Trinajstić information content (AvgIpc) is 2.65. The van der Waals surface area contributed by atoms with E-state index in [1.807, 2.05) is 0 Å². The number of rotatable bonds is 5. The smallest absolute Gasteiger partial charge is 0.135 e. The van der Waals surface area contributed by atoms with Crippen molar-refractivity contribution in [2.75, 3.05) is 13.7 Å². The minimum absolute atomic E-state index is 0.539. The third-order valence-electron chi connectivity index (χ3n) is 3.30. The molecule has 0 saturated carbocycles. The average molecular weight is 247 g/mol. The Morgan fingerprint density at radius 3 is 2.67 bits per heavy atom. The van der Waals surface area contributed by atoms with Gasteiger partial charge in [0.15, 0.2) is 0 Å². The zero-order valence-electron chi connectivity index (χ0n) is 11.4. The van der Waals surface area contributed by atoms with Crippen LogP contribution in [0.4, 0.5) is 0 Å². The summed E-state index contributed by atoms with van der Waals surface area (Å²) >= 11 is 0. The van der Waals surface area contributed by atoms with Crippen molar-refractivity contribution in [3.63, 3.8) is 0 Å². The van der Waals surface area contributed by atoms with E-state index in [-0.39, 0.29) is 0 Å². The van der Waals surface area contributed by atoms with Gasteiger partial charge >= 0.3 is 0 Å². The Bertz CT molecular complexity index is 545. The molecule has 0 saturated heterocycles. The van der Waals surface area contributed by atoms with Crippen LogP contribution in [0.25, 0.3) is 11.0 Å². The minimum Gasteiger partial charge on any atom is -0.377 e. The number of nitrogens with two attached hydrogens (primary N) is 1. The van der Waals surface area contributed by atoms with Gasteiger partial charge in [0, 0.05) is 13.7 Å². The van der Waals surface area contributed by atoms with Gasteiger partial charge in [-0.25, -0.2) is 4.98 Å². The zero-order chi connectivity index (χ0) is 13.1. The number of nitrogens with zero attached hydrogens (tertiary/aromatic N) is 2. The fourth-order valence-electron chi connectivity index (χ4n) is 2.17. The Morgan fingerprint density at radius 2 is 2.00 bits per heavy atom. The Labute approximate surface area is 108 Å². The van der Waals surface area contributed by atoms with Crippen molar-refractivity contribution < 1.29 is 4.74 Å². The molecule has 4 nitrogen and oxygen atoms in total. The molecule has 2 N–H and O–H groups in total. The van der Waals surface area contributed by atoms with Gasteiger partial charge in [0.2, 0.25) is 0 Å². The van der Waals surface area contributed by atoms with Crippen LogP contribution in [0.5, 0.6) is 0 Å². The standard InChI is InChI=1S/C14H21N3O/c1-10-7-12-13(8-11(10)2)17(6-4-5-15)14(16-12)9-18-3/h7-8H,4-6,9,15H2,1-3H3. The van der Waals surface area contributed by atoms with E-state index in [9.17, 15) is 0 Å². The quantitative estimate of drug-likeness (QED) is 0.880. The highest BCUT2D eigenvalue weighted by Gasteiger charge is 2.11. The summed E-state index contributed by atoms with van der Waals surface area (Å²) in [5.41, 5.74) is 10.4. The fraction of sp³-hybridized carbons (Fsp3) is 0.500. The van der Waals surface area contributed by atoms with Crippen molar-refractivity contribution in [2.24, 2.45) is 5.73 Å². The molecule has 0 radical (unpaired) electrons. The number of fused-ring (bicyclic) bond motifs is 1. The van der Waals surface area contributed by atoms with Gasteiger partial charge in [0.05, 0.1) is 11.0 Å². The minimum atomic E-state index is 0.539. The maximum Gasteiger partial charge on any atom is 0.135 e. The summed E-state index contributed by atoms with van der Waals surface area (Å²) in [5, 5.41) is 0. The Kier molecular flexibility index (Phi) is 3.99. The first kappa shape index (κ1) is 13.1. The third-order valence-corrected chi connectivity index (χ3v) is 3.30. The van der Waals surface area contributed by atoms with Crippen molar-refractivity contribution in [2.45, 2.75) is 33.4 Å². The Hall–Kier alpha value is -1.39. The van der Waals surface area contributed by atoms with Crippen molar-refractivity contribution in [1.29, 1.82) is 0 Å². The van der Waals surface area contributed by atoms with Crippen molar-refractivity contribution >= 4 is 11.0 Å². The molecule has 2 rings (SSSR count). The molecule has 0 fully saturated rings. The molecule has 1 aromatic carbocycles. The zero-order valence-corrected chi connectivity index (χ0v) is 11.4. The first-order valence-corrected chi connectivity index (χ1v) is 6.32. The topological polar surface area (TPSA) is 53.1 Å². The Balaban J connectivity index is 2.53. The van der Waals surface area contributed by atoms with Gasteiger partial charge in [-0.05, 0) is 50.1 Å². The van der Waals surface area contributed by atoms with Gasteiger partial charge in [-0.15, -0.1) is 0 Å². The second-order valence-electron chi connectivity index (χ2n) is 4.68. The summed E-state index contributed by atoms with van der Waals surface area (Å²) < 4.78 is 7.44. The van der Waals surface area contributed by atoms with E-state index in [1.54, 1.807) is 7.11 Å². The van der Waals surface area contributed by atoms with Gasteiger partial charge in [0.25, 0.3) is 0 Å². The molecule has 98 valence electrons. The van der Waals surface area contributed by atoms with Crippen LogP contribution in [-0.4, -0.2) is 23.2 Å². The van der Waals surface area contributed by atoms with Crippen LogP contribution in [0.2, 0.25) is 0 Å². The van der Waals surface area contributed by atoms with E-state index in [4.69, 9.17) is 10.5 Å². The second-order valence-corrected chi connectivity index (χ2v) is 4.68. The lowest BCUT2D eigenvalue weighted by Gasteiger charge is -2.08. The molecule has 0 unspecified atom stereocenters. The molecule has 0 aliphatic carbocycles. The SMILES string of the molecule is COCc1nc2cc(C)c(C)cc2n1CCCN. The number of hydrogen-bond donors (Lipinski definition) is 1. The van der Waals surface area contributed by atoms with Crippen LogP contribution in [0.3, 0.4) is 0 Å². The maximum absolute atomic E-state index is 5.60. The van der Waals surface area contributed by atoms with E-state index < -0.39 is 0 Å². The van der Waals surface area contributed by atoms with E-state index in [0.29, 0.717) is 13.2 Å². The number of aromatic nitrogens is 2. The molecule has 0 amide bonds. The van der Waals surface area contributed by atoms with Crippen molar-refractivity contribution in [3.8, 4) is 0 Å². The summed E-state index contributed by atoms with van der Waals surface area (Å²) in [6, 6.07) is 4.34. The van der Waals surface area contributed by atoms with Gasteiger partial charge in [0.1, 0.15) is 12.4 Å². The highest BCUT2D eigenvalue weighted by molar-refractivity contribution is 5.78. The lowest BCUT2D eigenvalue weighted by Crippen LogP contribution is -2.09. The summed E-state index contributed by atoms with van der Waals surface area (Å²) in [4.78, 5) is 4.65. The van der Waals surface area contributed by atoms with E-state index in [0.717, 1.165) is 24.3 Å². The number of imidazole rings is 1. The van der Waals surface area contributed by atoms with E-state index in [2.05, 4.69) is 35.5 Å². The molecular formula is C14H21N3O. The predicted molar refractivity (Wildman–Crippen MR) is 73.6 cm³/mol. The highest BCUT2D eigenvalue weighted by Crippen LogP contribution is 2.21. The van der Waals surface area contributed by atoms with Crippen LogP contribution in [-0.2, 0) is 17.9 Å². The fourth-order valence-corrected chi connectivity index (χ4v) is 2.17. The summed E-state index contributed by atoms with van der Waals surface area (Å²) in [5.74, 6) is 0.978. The van der Waals surface area contributed by atoms with Crippen LogP contribution in [0.15, 0.2) is 12.1 Å². The molecule has 2 aromatic rings. The van der Waals surface area contributed by atoms with Crippen LogP contribution < -0.4 is 5.73 Å². The summed E-state index contributed by atoms with van der Waals surface area (Å²) in [7, 11) is 1.70. The second kappa shape index (κ2) is 5.50. The van der Waals surface area contributed by atoms with Crippen molar-refractivity contribution in [3.05, 3.63) is 29.1 Å². The summed E-state index contributed by atoms with van der Waals surface area (Å²) in [6.07, 6.45) is 0.953. The third kappa shape index (κ3) is 2.40. The van der Waals surface area contributed by atoms with E-state index in [1.165, 1.54) is 16.6 Å². The molecular weight excluding hydrogens is 226 g/mol. The number of hydrogen-bond acceptors (Lipinski definition) is 3. The normalized spacial score (nSPS) is 11.3. The Morgan fingerprint density at radius 1 is 1.28 bits per heavy atom. The highest BCUT2D eigenvalue weighted by atomic mass is 16.5. The van der Waals surface area contributed by atoms with Gasteiger partial charge in [-0.1, -0.05) is 0 Å². The van der Waals surface area contributed by atoms with Gasteiger partial charge < -0.3 is 15.0 Å². The lowest BCUT2D eigenvalue weighted by molar-refractivity contribution is 0.174. The van der Waals surface area contributed by atoms with Crippen LogP contribution >= 0.6 is 0 Å². The molecule has 0 aliphatic rings. The van der Waals surface area contributed by atoms with E-state index >= 15 is 0 Å². The first-order chi connectivity index (χ1) is 8.67. The molecule has 0 aliphatic heterocycles. The number of benzene rings is 1. The number of aryl methyl sites for hydroxylation is 3. The molecule has 1 aromatic heterocycles. The monoisotopic (exact) mass is 247 g/mol. The van der Waals surface area contributed by atoms with Gasteiger partial charge in [-0.2, -0.15) is 0 Å². The maximum atomic E-state index is 5.60. The summed E-state index contributed by atoms with van der Waals surface area (Å²) in [6.45, 7) is 6.37. The molecule has 0 bridgehead atoms. The predicted octanol–water partition coefficient (Wildman–Crippen LogP) is 2.15. The van der Waals surface area contributed by atoms with Gasteiger partial charge in [-0.3, -0.25) is 0 Å². The van der Waals surface area contributed by atoms with Crippen LogP contribution in [0, 0.1) is 13.8 Å². The van der Waals surface area contributed by atoms with Crippen molar-refractivity contribution in [1.82, 2.24) is 9.55 Å². The largest absolute Gasteiger partial charge is 0.377 e. The first-order valence-electron chi connectivity index (χ1n) is 6.32.